The molecule has 1 atom stereocenters. The summed E-state index contributed by atoms with van der Waals surface area (Å²) < 4.78 is 5.57. The Morgan fingerprint density at radius 1 is 1.21 bits per heavy atom. The highest BCUT2D eigenvalue weighted by molar-refractivity contribution is 6.28. The van der Waals surface area contributed by atoms with E-state index < -0.39 is 5.60 Å². The first-order valence-corrected chi connectivity index (χ1v) is 12.0. The van der Waals surface area contributed by atoms with Gasteiger partial charge in [0.1, 0.15) is 11.4 Å². The first-order chi connectivity index (χ1) is 16.2. The van der Waals surface area contributed by atoms with Gasteiger partial charge in [-0.05, 0) is 44.4 Å². The number of nitriles is 1. The molecule has 0 spiro atoms. The molecule has 0 radical (unpaired) electrons. The Morgan fingerprint density at radius 2 is 1.97 bits per heavy atom. The molecule has 2 aliphatic rings. The molecule has 1 aromatic heterocycles. The summed E-state index contributed by atoms with van der Waals surface area (Å²) in [7, 11) is 0. The van der Waals surface area contributed by atoms with E-state index in [0.29, 0.717) is 26.2 Å². The Hall–Kier alpha value is -2.89. The third-order valence-electron chi connectivity index (χ3n) is 6.08. The maximum Gasteiger partial charge on any atom is 0.410 e. The molecule has 0 N–H and O–H groups in total. The second-order valence-corrected chi connectivity index (χ2v) is 10.2. The highest BCUT2D eigenvalue weighted by Crippen LogP contribution is 2.30. The summed E-state index contributed by atoms with van der Waals surface area (Å²) in [5, 5.41) is 9.62. The highest BCUT2D eigenvalue weighted by Gasteiger charge is 2.35. The Morgan fingerprint density at radius 3 is 2.68 bits per heavy atom. The van der Waals surface area contributed by atoms with Gasteiger partial charge < -0.3 is 14.5 Å². The molecule has 1 fully saturated rings. The monoisotopic (exact) mass is 482 g/mol. The molecular weight excluding hydrogens is 452 g/mol. The van der Waals surface area contributed by atoms with Crippen molar-refractivity contribution in [2.45, 2.75) is 58.3 Å². The van der Waals surface area contributed by atoms with E-state index in [1.165, 1.54) is 5.56 Å². The van der Waals surface area contributed by atoms with Gasteiger partial charge in [0.15, 0.2) is 0 Å². The van der Waals surface area contributed by atoms with Gasteiger partial charge in [-0.1, -0.05) is 30.3 Å². The van der Waals surface area contributed by atoms with Crippen LogP contribution in [0.4, 0.5) is 10.6 Å². The number of halogens is 1. The van der Waals surface area contributed by atoms with Gasteiger partial charge in [-0.15, -0.1) is 0 Å². The largest absolute Gasteiger partial charge is 0.444 e. The Labute approximate surface area is 206 Å². The Kier molecular flexibility index (Phi) is 7.24. The zero-order chi connectivity index (χ0) is 24.3. The quantitative estimate of drug-likeness (QED) is 0.608. The lowest BCUT2D eigenvalue weighted by atomic mass is 10.0. The number of ether oxygens (including phenoxy) is 1. The minimum atomic E-state index is -0.587. The predicted molar refractivity (Wildman–Crippen MR) is 130 cm³/mol. The molecule has 1 saturated heterocycles. The van der Waals surface area contributed by atoms with E-state index in [9.17, 15) is 10.1 Å². The second kappa shape index (κ2) is 10.2. The van der Waals surface area contributed by atoms with E-state index in [1.54, 1.807) is 4.90 Å². The molecular formula is C25H31ClN6O2. The number of hydrogen-bond acceptors (Lipinski definition) is 7. The number of benzene rings is 1. The topological polar surface area (TPSA) is 85.6 Å². The van der Waals surface area contributed by atoms with Gasteiger partial charge in [-0.2, -0.15) is 5.26 Å². The van der Waals surface area contributed by atoms with Gasteiger partial charge in [-0.25, -0.2) is 14.8 Å². The molecule has 0 aliphatic carbocycles. The molecule has 4 rings (SSSR count). The zero-order valence-corrected chi connectivity index (χ0v) is 20.8. The molecule has 180 valence electrons. The first-order valence-electron chi connectivity index (χ1n) is 11.7. The number of rotatable bonds is 4. The number of aromatic nitrogens is 2. The van der Waals surface area contributed by atoms with E-state index in [-0.39, 0.29) is 23.8 Å². The Bertz CT molecular complexity index is 1070. The molecule has 1 aromatic carbocycles. The minimum Gasteiger partial charge on any atom is -0.444 e. The van der Waals surface area contributed by atoms with Crippen LogP contribution >= 0.6 is 11.6 Å². The minimum absolute atomic E-state index is 0.224. The van der Waals surface area contributed by atoms with Crippen LogP contribution in [0.5, 0.6) is 0 Å². The first kappa shape index (κ1) is 24.2. The molecule has 2 aromatic rings. The van der Waals surface area contributed by atoms with E-state index >= 15 is 0 Å². The molecule has 2 aliphatic heterocycles. The van der Waals surface area contributed by atoms with Crippen LogP contribution in [0.3, 0.4) is 0 Å². The number of fused-ring (bicyclic) bond motifs is 1. The van der Waals surface area contributed by atoms with Crippen molar-refractivity contribution >= 4 is 23.5 Å². The standard InChI is InChI=1S/C25H31ClN6O2/c1-25(2,3)34-24(33)32-14-13-31(16-19(32)9-11-27)22-20-10-12-30(15-18-7-5-4-6-8-18)17-21(20)28-23(26)29-22/h4-8,19H,9-10,12-17H2,1-3H3/t19-/m0/s1. The fourth-order valence-corrected chi connectivity index (χ4v) is 4.74. The average molecular weight is 483 g/mol. The maximum atomic E-state index is 12.7. The van der Waals surface area contributed by atoms with Crippen molar-refractivity contribution < 1.29 is 9.53 Å². The summed E-state index contributed by atoms with van der Waals surface area (Å²) in [6.07, 6.45) is 0.664. The van der Waals surface area contributed by atoms with Crippen LogP contribution in [0.2, 0.25) is 5.28 Å². The molecule has 0 bridgehead atoms. The van der Waals surface area contributed by atoms with E-state index in [4.69, 9.17) is 16.3 Å². The molecule has 0 unspecified atom stereocenters. The van der Waals surface area contributed by atoms with Gasteiger partial charge in [0.25, 0.3) is 0 Å². The molecule has 0 saturated carbocycles. The lowest BCUT2D eigenvalue weighted by Crippen LogP contribution is -2.56. The number of anilines is 1. The van der Waals surface area contributed by atoms with Gasteiger partial charge in [0.05, 0.1) is 24.2 Å². The third kappa shape index (κ3) is 5.78. The van der Waals surface area contributed by atoms with Gasteiger partial charge in [0.2, 0.25) is 5.28 Å². The van der Waals surface area contributed by atoms with Crippen molar-refractivity contribution in [3.63, 3.8) is 0 Å². The number of hydrogen-bond donors (Lipinski definition) is 0. The smallest absolute Gasteiger partial charge is 0.410 e. The summed E-state index contributed by atoms with van der Waals surface area (Å²) in [4.78, 5) is 28.0. The summed E-state index contributed by atoms with van der Waals surface area (Å²) in [5.41, 5.74) is 2.73. The second-order valence-electron chi connectivity index (χ2n) is 9.82. The van der Waals surface area contributed by atoms with Crippen LogP contribution in [-0.2, 0) is 24.2 Å². The van der Waals surface area contributed by atoms with E-state index in [0.717, 1.165) is 36.6 Å². The SMILES string of the molecule is CC(C)(C)OC(=O)N1CCN(c2nc(Cl)nc3c2CCN(Cc2ccccc2)C3)C[C@@H]1CC#N. The molecule has 3 heterocycles. The average Bonchev–Trinajstić information content (AvgIpc) is 2.78. The van der Waals surface area contributed by atoms with Crippen molar-refractivity contribution in [3.8, 4) is 6.07 Å². The maximum absolute atomic E-state index is 12.7. The molecule has 34 heavy (non-hydrogen) atoms. The third-order valence-corrected chi connectivity index (χ3v) is 6.25. The lowest BCUT2D eigenvalue weighted by molar-refractivity contribution is 0.0144. The number of nitrogens with zero attached hydrogens (tertiary/aromatic N) is 6. The molecule has 8 nitrogen and oxygen atoms in total. The van der Waals surface area contributed by atoms with Gasteiger partial charge in [-0.3, -0.25) is 4.90 Å². The number of amides is 1. The van der Waals surface area contributed by atoms with E-state index in [2.05, 4.69) is 50.1 Å². The van der Waals surface area contributed by atoms with Crippen LogP contribution in [0.25, 0.3) is 0 Å². The van der Waals surface area contributed by atoms with Crippen molar-refractivity contribution in [1.29, 1.82) is 5.26 Å². The summed E-state index contributed by atoms with van der Waals surface area (Å²) in [6, 6.07) is 12.3. The zero-order valence-electron chi connectivity index (χ0n) is 20.0. The normalized spacial score (nSPS) is 18.9. The molecule has 1 amide bonds. The van der Waals surface area contributed by atoms with Crippen molar-refractivity contribution in [1.82, 2.24) is 19.8 Å². The van der Waals surface area contributed by atoms with Crippen molar-refractivity contribution in [3.05, 3.63) is 52.4 Å². The lowest BCUT2D eigenvalue weighted by Gasteiger charge is -2.42. The van der Waals surface area contributed by atoms with E-state index in [1.807, 2.05) is 26.8 Å². The van der Waals surface area contributed by atoms with Crippen LogP contribution in [0, 0.1) is 11.3 Å². The molecule has 9 heteroatoms. The fourth-order valence-electron chi connectivity index (χ4n) is 4.56. The van der Waals surface area contributed by atoms with Crippen molar-refractivity contribution in [2.75, 3.05) is 31.1 Å². The van der Waals surface area contributed by atoms with Gasteiger partial charge >= 0.3 is 6.09 Å². The van der Waals surface area contributed by atoms with Crippen LogP contribution in [0.1, 0.15) is 44.0 Å². The van der Waals surface area contributed by atoms with Crippen LogP contribution in [0.15, 0.2) is 30.3 Å². The predicted octanol–water partition coefficient (Wildman–Crippen LogP) is 4.03. The van der Waals surface area contributed by atoms with Gasteiger partial charge in [0, 0.05) is 44.8 Å². The summed E-state index contributed by atoms with van der Waals surface area (Å²) in [6.45, 7) is 9.55. The number of piperazine rings is 1. The summed E-state index contributed by atoms with van der Waals surface area (Å²) in [5.74, 6) is 0.820. The fraction of sp³-hybridized carbons (Fsp3) is 0.520. The van der Waals surface area contributed by atoms with Crippen molar-refractivity contribution in [2.24, 2.45) is 0 Å². The number of carbonyl (C=O) groups excluding carboxylic acids is 1. The number of carbonyl (C=O) groups is 1. The van der Waals surface area contributed by atoms with Crippen LogP contribution < -0.4 is 4.90 Å². The summed E-state index contributed by atoms with van der Waals surface area (Å²) >= 11 is 6.35. The Balaban J connectivity index is 1.52. The van der Waals surface area contributed by atoms with Crippen LogP contribution in [-0.4, -0.2) is 63.7 Å². The highest BCUT2D eigenvalue weighted by atomic mass is 35.5.